The van der Waals surface area contributed by atoms with Crippen molar-refractivity contribution < 1.29 is 14.8 Å². The van der Waals surface area contributed by atoms with Crippen LogP contribution in [0.5, 0.6) is 0 Å². The molecular weight excluding hydrogens is 276 g/mol. The second-order valence-corrected chi connectivity index (χ2v) is 2.55. The summed E-state index contributed by atoms with van der Waals surface area (Å²) in [5.41, 5.74) is 0. The standard InChI is InChI=1S/C7H13.HI.Zn/c1-7-5-3-2-4-6-7;;/h2,7H,3-6H2,1H3;1H;/q-1;;+2/p-1. The summed E-state index contributed by atoms with van der Waals surface area (Å²) < 4.78 is 0. The van der Waals surface area contributed by atoms with Gasteiger partial charge in [-0.05, 0) is 5.92 Å². The van der Waals surface area contributed by atoms with Crippen LogP contribution in [0.25, 0.3) is 0 Å². The van der Waals surface area contributed by atoms with Gasteiger partial charge in [0.1, 0.15) is 0 Å². The monoisotopic (exact) mass is 288 g/mol. The first kappa shape index (κ1) is 10.4. The minimum absolute atomic E-state index is 1.00. The van der Waals surface area contributed by atoms with Crippen molar-refractivity contribution >= 4 is 19.8 Å². The second kappa shape index (κ2) is 7.46. The second-order valence-electron chi connectivity index (χ2n) is 2.55. The Morgan fingerprint density at radius 2 is 1.78 bits per heavy atom. The van der Waals surface area contributed by atoms with E-state index in [-0.39, 0.29) is 0 Å². The predicted octanol–water partition coefficient (Wildman–Crippen LogP) is 3.28. The molecule has 0 aliphatic heterocycles. The van der Waals surface area contributed by atoms with Crippen LogP contribution < -0.4 is 0 Å². The van der Waals surface area contributed by atoms with Crippen LogP contribution in [0.1, 0.15) is 32.6 Å². The zero-order valence-corrected chi connectivity index (χ0v) is 11.2. The first-order valence-electron chi connectivity index (χ1n) is 3.48. The van der Waals surface area contributed by atoms with E-state index in [0.29, 0.717) is 0 Å². The van der Waals surface area contributed by atoms with E-state index in [0.717, 1.165) is 5.92 Å². The molecule has 1 aliphatic carbocycles. The Kier molecular flexibility index (Phi) is 8.58. The first-order valence-corrected chi connectivity index (χ1v) is 12.5. The van der Waals surface area contributed by atoms with Crippen LogP contribution in [-0.2, 0) is 14.8 Å². The third-order valence-corrected chi connectivity index (χ3v) is 1.73. The Morgan fingerprint density at radius 3 is 2.00 bits per heavy atom. The molecule has 50 valence electrons. The van der Waals surface area contributed by atoms with E-state index in [4.69, 9.17) is 0 Å². The molecule has 0 aromatic heterocycles. The summed E-state index contributed by atoms with van der Waals surface area (Å²) >= 11 is 3.62. The number of halogens is 1. The molecule has 2 heteroatoms. The molecule has 0 aromatic rings. The zero-order valence-electron chi connectivity index (χ0n) is 6.07. The fraction of sp³-hybridized carbons (Fsp3) is 0.857. The maximum atomic E-state index is 2.40. The molecule has 1 saturated carbocycles. The molecule has 1 rings (SSSR count). The van der Waals surface area contributed by atoms with Crippen molar-refractivity contribution in [1.29, 1.82) is 0 Å². The van der Waals surface area contributed by atoms with Crippen LogP contribution >= 0.6 is 19.8 Å². The van der Waals surface area contributed by atoms with E-state index >= 15 is 0 Å². The molecule has 0 aromatic carbocycles. The maximum absolute atomic E-state index is 2.40. The summed E-state index contributed by atoms with van der Waals surface area (Å²) in [6.45, 7) is 2.34. The Balaban J connectivity index is 0.000000291. The first-order chi connectivity index (χ1) is 4.39. The topological polar surface area (TPSA) is 0 Å². The zero-order chi connectivity index (χ0) is 7.11. The average molecular weight is 289 g/mol. The van der Waals surface area contributed by atoms with Crippen LogP contribution in [-0.4, -0.2) is 0 Å². The number of hydrogen-bond acceptors (Lipinski definition) is 0. The van der Waals surface area contributed by atoms with Gasteiger partial charge < -0.3 is 6.42 Å². The molecule has 0 radical (unpaired) electrons. The molecule has 0 N–H and O–H groups in total. The van der Waals surface area contributed by atoms with E-state index in [1.54, 1.807) is 0 Å². The molecule has 0 amide bonds. The Labute approximate surface area is 79.0 Å². The van der Waals surface area contributed by atoms with Gasteiger partial charge in [-0.2, -0.15) is 12.8 Å². The normalized spacial score (nSPS) is 20.4. The molecular formula is C7H13IZn. The summed E-state index contributed by atoms with van der Waals surface area (Å²) in [6.07, 6.45) is 7.99. The van der Waals surface area contributed by atoms with Gasteiger partial charge in [-0.1, -0.05) is 19.8 Å². The van der Waals surface area contributed by atoms with Gasteiger partial charge >= 0.3 is 34.5 Å². The van der Waals surface area contributed by atoms with Gasteiger partial charge in [0.25, 0.3) is 0 Å². The average Bonchev–Trinajstić information content (AvgIpc) is 1.94. The van der Waals surface area contributed by atoms with Gasteiger partial charge in [-0.3, -0.25) is 0 Å². The van der Waals surface area contributed by atoms with E-state index in [1.807, 2.05) is 0 Å². The van der Waals surface area contributed by atoms with E-state index in [1.165, 1.54) is 40.5 Å². The van der Waals surface area contributed by atoms with Gasteiger partial charge in [-0.15, -0.1) is 0 Å². The van der Waals surface area contributed by atoms with Gasteiger partial charge in [0, 0.05) is 0 Å². The van der Waals surface area contributed by atoms with Crippen molar-refractivity contribution in [1.82, 2.24) is 0 Å². The third kappa shape index (κ3) is 5.78. The molecule has 1 fully saturated rings. The molecule has 1 aliphatic rings. The number of hydrogen-bond donors (Lipinski definition) is 0. The molecule has 9 heavy (non-hydrogen) atoms. The summed E-state index contributed by atoms with van der Waals surface area (Å²) in [6, 6.07) is 0. The predicted molar refractivity (Wildman–Crippen MR) is 46.0 cm³/mol. The quantitative estimate of drug-likeness (QED) is 0.365. The van der Waals surface area contributed by atoms with Crippen LogP contribution in [0.4, 0.5) is 0 Å². The van der Waals surface area contributed by atoms with Crippen molar-refractivity contribution in [3.63, 3.8) is 0 Å². The van der Waals surface area contributed by atoms with Crippen molar-refractivity contribution in [2.24, 2.45) is 5.92 Å². The Bertz CT molecular complexity index is 50.9. The summed E-state index contributed by atoms with van der Waals surface area (Å²) in [5, 5.41) is 0. The summed E-state index contributed by atoms with van der Waals surface area (Å²) in [7, 11) is 0. The molecule has 0 nitrogen and oxygen atoms in total. The molecule has 0 heterocycles. The van der Waals surface area contributed by atoms with Gasteiger partial charge in [0.2, 0.25) is 0 Å². The molecule has 0 atom stereocenters. The minimum atomic E-state index is 1.00. The summed E-state index contributed by atoms with van der Waals surface area (Å²) in [4.78, 5) is 0. The fourth-order valence-electron chi connectivity index (χ4n) is 1.09. The summed E-state index contributed by atoms with van der Waals surface area (Å²) in [5.74, 6) is 1.00. The van der Waals surface area contributed by atoms with Crippen LogP contribution in [0.3, 0.4) is 0 Å². The SMILES string of the molecule is CC1CC[CH-]CC1.[Zn+][I]. The fourth-order valence-corrected chi connectivity index (χ4v) is 1.09. The van der Waals surface area contributed by atoms with Crippen LogP contribution in [0.15, 0.2) is 0 Å². The Hall–Kier alpha value is 1.35. The van der Waals surface area contributed by atoms with Crippen LogP contribution in [0.2, 0.25) is 0 Å². The van der Waals surface area contributed by atoms with Crippen LogP contribution in [0, 0.1) is 12.3 Å². The molecule has 0 bridgehead atoms. The van der Waals surface area contributed by atoms with Gasteiger partial charge in [0.05, 0.1) is 0 Å². The van der Waals surface area contributed by atoms with E-state index < -0.39 is 0 Å². The number of rotatable bonds is 0. The van der Waals surface area contributed by atoms with Crippen molar-refractivity contribution in [2.75, 3.05) is 0 Å². The van der Waals surface area contributed by atoms with E-state index in [9.17, 15) is 0 Å². The molecule has 0 saturated heterocycles. The van der Waals surface area contributed by atoms with Gasteiger partial charge in [0.15, 0.2) is 0 Å². The van der Waals surface area contributed by atoms with Crippen molar-refractivity contribution in [3.05, 3.63) is 6.42 Å². The molecule has 0 unspecified atom stereocenters. The van der Waals surface area contributed by atoms with E-state index in [2.05, 4.69) is 33.1 Å². The Morgan fingerprint density at radius 1 is 1.33 bits per heavy atom. The van der Waals surface area contributed by atoms with Crippen molar-refractivity contribution in [2.45, 2.75) is 32.6 Å². The van der Waals surface area contributed by atoms with Gasteiger partial charge in [-0.25, -0.2) is 0 Å². The van der Waals surface area contributed by atoms with Crippen molar-refractivity contribution in [3.8, 4) is 0 Å². The molecule has 0 spiro atoms. The third-order valence-electron chi connectivity index (χ3n) is 1.73.